The summed E-state index contributed by atoms with van der Waals surface area (Å²) in [5.41, 5.74) is -1.06. The van der Waals surface area contributed by atoms with Crippen LogP contribution in [0, 0.1) is 0 Å². The number of nitrogens with zero attached hydrogens (tertiary/aromatic N) is 1. The number of urea groups is 1. The first-order valence-corrected chi connectivity index (χ1v) is 13.6. The molecule has 3 aliphatic rings. The van der Waals surface area contributed by atoms with Crippen molar-refractivity contribution in [2.24, 2.45) is 0 Å². The van der Waals surface area contributed by atoms with Gasteiger partial charge < -0.3 is 25.6 Å². The minimum absolute atomic E-state index is 0.0378. The summed E-state index contributed by atoms with van der Waals surface area (Å²) in [5, 5.41) is 8.69. The Morgan fingerprint density at radius 3 is 2.33 bits per heavy atom. The molecular weight excluding hydrogens is 444 g/mol. The zero-order valence-corrected chi connectivity index (χ0v) is 20.5. The van der Waals surface area contributed by atoms with Crippen LogP contribution in [0.1, 0.15) is 64.2 Å². The number of nitrogens with one attached hydrogen (secondary N) is 3. The summed E-state index contributed by atoms with van der Waals surface area (Å²) in [7, 11) is 0. The molecule has 0 bridgehead atoms. The first-order valence-electron chi connectivity index (χ1n) is 12.2. The molecule has 10 heteroatoms. The van der Waals surface area contributed by atoms with Gasteiger partial charge in [-0.3, -0.25) is 14.4 Å². The Balaban J connectivity index is 1.68. The van der Waals surface area contributed by atoms with Crippen LogP contribution in [0.15, 0.2) is 0 Å². The first kappa shape index (κ1) is 25.8. The fourth-order valence-corrected chi connectivity index (χ4v) is 5.37. The molecule has 3 N–H and O–H groups in total. The highest BCUT2D eigenvalue weighted by Gasteiger charge is 2.43. The predicted molar refractivity (Wildman–Crippen MR) is 127 cm³/mol. The van der Waals surface area contributed by atoms with Crippen LogP contribution < -0.4 is 16.0 Å². The third-order valence-electron chi connectivity index (χ3n) is 6.93. The zero-order valence-electron chi connectivity index (χ0n) is 19.7. The van der Waals surface area contributed by atoms with E-state index >= 15 is 0 Å². The molecule has 2 aliphatic carbocycles. The van der Waals surface area contributed by atoms with E-state index in [2.05, 4.69) is 16.0 Å². The molecule has 3 fully saturated rings. The minimum atomic E-state index is -1.06. The maximum absolute atomic E-state index is 13.5. The smallest absolute Gasteiger partial charge is 0.318 e. The summed E-state index contributed by atoms with van der Waals surface area (Å²) in [5.74, 6) is -0.949. The molecule has 1 saturated heterocycles. The van der Waals surface area contributed by atoms with Crippen LogP contribution in [0.5, 0.6) is 0 Å². The second-order valence-corrected chi connectivity index (χ2v) is 10.3. The number of carbonyl (C=O) groups excluding carboxylic acids is 4. The Morgan fingerprint density at radius 1 is 1.03 bits per heavy atom. The van der Waals surface area contributed by atoms with Gasteiger partial charge in [0.05, 0.1) is 19.3 Å². The van der Waals surface area contributed by atoms with Crippen LogP contribution in [0.25, 0.3) is 0 Å². The lowest BCUT2D eigenvalue weighted by atomic mass is 9.80. The van der Waals surface area contributed by atoms with Crippen LogP contribution in [0.2, 0.25) is 0 Å². The molecule has 186 valence electrons. The van der Waals surface area contributed by atoms with Crippen LogP contribution in [0.3, 0.4) is 0 Å². The third kappa shape index (κ3) is 7.09. The number of hydrogen-bond donors (Lipinski definition) is 3. The number of rotatable bonds is 9. The summed E-state index contributed by atoms with van der Waals surface area (Å²) < 4.78 is 5.32. The summed E-state index contributed by atoms with van der Waals surface area (Å²) in [6.45, 7) is 1.93. The Bertz CT molecular complexity index is 701. The van der Waals surface area contributed by atoms with E-state index in [0.717, 1.165) is 44.9 Å². The highest BCUT2D eigenvalue weighted by atomic mass is 32.2. The lowest BCUT2D eigenvalue weighted by molar-refractivity contribution is -0.141. The molecule has 0 aromatic rings. The third-order valence-corrected chi connectivity index (χ3v) is 7.58. The number of hydrogen-bond acceptors (Lipinski definition) is 6. The molecule has 0 aromatic heterocycles. The predicted octanol–water partition coefficient (Wildman–Crippen LogP) is 1.60. The fraction of sp³-hybridized carbons (Fsp3) is 0.826. The maximum atomic E-state index is 13.5. The Hall–Kier alpha value is -1.81. The normalized spacial score (nSPS) is 21.8. The molecule has 0 radical (unpaired) electrons. The van der Waals surface area contributed by atoms with E-state index in [1.54, 1.807) is 16.7 Å². The standard InChI is InChI=1S/C23H38N4O5S/c1-33-16-9-18(19(28)20(29)24-17-7-3-4-8-17)25-21(30)23(10-5-2-6-11-23)26-22(31)27-12-14-32-15-13-27/h17-18H,2-16H2,1H3,(H,24,29)(H,25,30)(H,26,31)/t18-/m0/s1. The van der Waals surface area contributed by atoms with Gasteiger partial charge in [0.15, 0.2) is 0 Å². The van der Waals surface area contributed by atoms with Gasteiger partial charge >= 0.3 is 6.03 Å². The van der Waals surface area contributed by atoms with Crippen molar-refractivity contribution < 1.29 is 23.9 Å². The lowest BCUT2D eigenvalue weighted by Crippen LogP contribution is -2.64. The fourth-order valence-electron chi connectivity index (χ4n) is 4.90. The summed E-state index contributed by atoms with van der Waals surface area (Å²) in [4.78, 5) is 53.7. The average Bonchev–Trinajstić information content (AvgIpc) is 3.35. The number of morpholine rings is 1. The van der Waals surface area contributed by atoms with E-state index in [0.29, 0.717) is 51.3 Å². The van der Waals surface area contributed by atoms with Crippen molar-refractivity contribution in [2.75, 3.05) is 38.3 Å². The Labute approximate surface area is 200 Å². The number of ether oxygens (including phenoxy) is 1. The van der Waals surface area contributed by atoms with Crippen molar-refractivity contribution >= 4 is 35.4 Å². The van der Waals surface area contributed by atoms with Gasteiger partial charge in [-0.05, 0) is 44.1 Å². The molecule has 1 heterocycles. The molecule has 3 rings (SSSR count). The summed E-state index contributed by atoms with van der Waals surface area (Å²) >= 11 is 1.56. The number of carbonyl (C=O) groups is 4. The number of amides is 4. The van der Waals surface area contributed by atoms with Gasteiger partial charge in [-0.2, -0.15) is 11.8 Å². The van der Waals surface area contributed by atoms with Crippen molar-refractivity contribution in [2.45, 2.75) is 81.8 Å². The molecule has 0 unspecified atom stereocenters. The monoisotopic (exact) mass is 482 g/mol. The van der Waals surface area contributed by atoms with Gasteiger partial charge in [-0.1, -0.05) is 32.1 Å². The van der Waals surface area contributed by atoms with E-state index in [-0.39, 0.29) is 18.0 Å². The summed E-state index contributed by atoms with van der Waals surface area (Å²) in [6.07, 6.45) is 9.86. The topological polar surface area (TPSA) is 117 Å². The molecule has 0 spiro atoms. The van der Waals surface area contributed by atoms with Crippen molar-refractivity contribution in [1.29, 1.82) is 0 Å². The zero-order chi connectivity index (χ0) is 23.7. The summed E-state index contributed by atoms with van der Waals surface area (Å²) in [6, 6.07) is -1.14. The van der Waals surface area contributed by atoms with Crippen molar-refractivity contribution in [3.63, 3.8) is 0 Å². The second-order valence-electron chi connectivity index (χ2n) is 9.30. The highest BCUT2D eigenvalue weighted by molar-refractivity contribution is 7.98. The van der Waals surface area contributed by atoms with E-state index in [1.165, 1.54) is 0 Å². The number of ketones is 1. The Morgan fingerprint density at radius 2 is 1.70 bits per heavy atom. The van der Waals surface area contributed by atoms with Gasteiger partial charge in [0.1, 0.15) is 5.54 Å². The maximum Gasteiger partial charge on any atom is 0.318 e. The lowest BCUT2D eigenvalue weighted by Gasteiger charge is -2.39. The van der Waals surface area contributed by atoms with Crippen molar-refractivity contribution in [1.82, 2.24) is 20.9 Å². The van der Waals surface area contributed by atoms with E-state index in [4.69, 9.17) is 4.74 Å². The first-order chi connectivity index (χ1) is 15.9. The SMILES string of the molecule is CSCC[C@H](NC(=O)C1(NC(=O)N2CCOCC2)CCCCC1)C(=O)C(=O)NC1CCCC1. The molecule has 4 amide bonds. The van der Waals surface area contributed by atoms with Crippen LogP contribution >= 0.6 is 11.8 Å². The van der Waals surface area contributed by atoms with Gasteiger partial charge in [0, 0.05) is 19.1 Å². The van der Waals surface area contributed by atoms with Crippen molar-refractivity contribution in [3.05, 3.63) is 0 Å². The molecular formula is C23H38N4O5S. The second kappa shape index (κ2) is 12.6. The van der Waals surface area contributed by atoms with E-state index in [9.17, 15) is 19.2 Å². The van der Waals surface area contributed by atoms with Gasteiger partial charge in [0.2, 0.25) is 11.7 Å². The number of thioether (sulfide) groups is 1. The van der Waals surface area contributed by atoms with Gasteiger partial charge in [-0.25, -0.2) is 4.79 Å². The van der Waals surface area contributed by atoms with Gasteiger partial charge in [-0.15, -0.1) is 0 Å². The van der Waals surface area contributed by atoms with E-state index < -0.39 is 23.3 Å². The molecule has 1 atom stereocenters. The van der Waals surface area contributed by atoms with Crippen molar-refractivity contribution in [3.8, 4) is 0 Å². The number of Topliss-reactive ketones (excluding diaryl/α,β-unsaturated/α-hetero) is 1. The molecule has 33 heavy (non-hydrogen) atoms. The molecule has 1 aliphatic heterocycles. The average molecular weight is 483 g/mol. The minimum Gasteiger partial charge on any atom is -0.378 e. The molecule has 0 aromatic carbocycles. The Kier molecular flexibility index (Phi) is 9.85. The largest absolute Gasteiger partial charge is 0.378 e. The van der Waals surface area contributed by atoms with Crippen LogP contribution in [0.4, 0.5) is 4.79 Å². The highest BCUT2D eigenvalue weighted by Crippen LogP contribution is 2.29. The van der Waals surface area contributed by atoms with Crippen LogP contribution in [-0.2, 0) is 19.1 Å². The molecule has 9 nitrogen and oxygen atoms in total. The van der Waals surface area contributed by atoms with Crippen LogP contribution in [-0.4, -0.2) is 84.5 Å². The quantitative estimate of drug-likeness (QED) is 0.430. The molecule has 2 saturated carbocycles. The van der Waals surface area contributed by atoms with Gasteiger partial charge in [0.25, 0.3) is 5.91 Å². The van der Waals surface area contributed by atoms with E-state index in [1.807, 2.05) is 6.26 Å².